The van der Waals surface area contributed by atoms with Gasteiger partial charge in [-0.15, -0.1) is 0 Å². The van der Waals surface area contributed by atoms with Gasteiger partial charge in [0.1, 0.15) is 6.04 Å². The van der Waals surface area contributed by atoms with E-state index in [1.165, 1.54) is 5.56 Å². The number of benzene rings is 1. The highest BCUT2D eigenvalue weighted by atomic mass is 16.5. The van der Waals surface area contributed by atoms with Crippen LogP contribution in [0.2, 0.25) is 0 Å². The quantitative estimate of drug-likeness (QED) is 0.860. The molecule has 0 saturated carbocycles. The molecule has 18 heavy (non-hydrogen) atoms. The molecule has 1 N–H and O–H groups in total. The Morgan fingerprint density at radius 3 is 2.83 bits per heavy atom. The molecule has 0 amide bonds. The number of ether oxygens (including phenoxy) is 1. The largest absolute Gasteiger partial charge is 0.480 e. The van der Waals surface area contributed by atoms with E-state index >= 15 is 0 Å². The lowest BCUT2D eigenvalue weighted by molar-refractivity contribution is -0.144. The van der Waals surface area contributed by atoms with Crippen molar-refractivity contribution in [1.29, 1.82) is 0 Å². The van der Waals surface area contributed by atoms with Crippen LogP contribution >= 0.6 is 0 Å². The zero-order valence-corrected chi connectivity index (χ0v) is 10.6. The second-order valence-corrected chi connectivity index (χ2v) is 4.70. The molecule has 0 aliphatic carbocycles. The van der Waals surface area contributed by atoms with Gasteiger partial charge in [-0.25, -0.2) is 0 Å². The molecule has 4 nitrogen and oxygen atoms in total. The molecule has 1 heterocycles. The molecule has 98 valence electrons. The maximum absolute atomic E-state index is 11.2. The zero-order chi connectivity index (χ0) is 13.0. The van der Waals surface area contributed by atoms with Gasteiger partial charge in [0.15, 0.2) is 0 Å². The Balaban J connectivity index is 2.01. The highest BCUT2D eigenvalue weighted by molar-refractivity contribution is 5.73. The number of likely N-dealkylation sites (tertiary alicyclic amines) is 1. The first-order chi connectivity index (χ1) is 8.72. The first-order valence-electron chi connectivity index (χ1n) is 6.23. The lowest BCUT2D eigenvalue weighted by Gasteiger charge is -2.23. The van der Waals surface area contributed by atoms with Crippen molar-refractivity contribution < 1.29 is 14.6 Å². The predicted molar refractivity (Wildman–Crippen MR) is 68.7 cm³/mol. The summed E-state index contributed by atoms with van der Waals surface area (Å²) in [4.78, 5) is 13.2. The second-order valence-electron chi connectivity index (χ2n) is 4.70. The molecule has 2 unspecified atom stereocenters. The minimum atomic E-state index is -0.800. The fraction of sp³-hybridized carbons (Fsp3) is 0.500. The van der Waals surface area contributed by atoms with Gasteiger partial charge in [0.25, 0.3) is 0 Å². The second kappa shape index (κ2) is 5.98. The lowest BCUT2D eigenvalue weighted by Crippen LogP contribution is -2.42. The number of hydrogen-bond donors (Lipinski definition) is 1. The molecule has 4 heteroatoms. The lowest BCUT2D eigenvalue weighted by atomic mass is 9.99. The van der Waals surface area contributed by atoms with Crippen LogP contribution in [0.3, 0.4) is 0 Å². The van der Waals surface area contributed by atoms with Crippen molar-refractivity contribution in [2.24, 2.45) is 0 Å². The van der Waals surface area contributed by atoms with E-state index in [0.29, 0.717) is 5.92 Å². The molecule has 1 aromatic rings. The highest BCUT2D eigenvalue weighted by Crippen LogP contribution is 2.28. The van der Waals surface area contributed by atoms with Crippen LogP contribution < -0.4 is 0 Å². The first-order valence-corrected chi connectivity index (χ1v) is 6.23. The van der Waals surface area contributed by atoms with Crippen LogP contribution in [-0.2, 0) is 9.53 Å². The van der Waals surface area contributed by atoms with Gasteiger partial charge in [0.2, 0.25) is 0 Å². The summed E-state index contributed by atoms with van der Waals surface area (Å²) in [5.74, 6) is -0.365. The number of methoxy groups -OCH3 is 1. The number of nitrogens with zero attached hydrogens (tertiary/aromatic N) is 1. The summed E-state index contributed by atoms with van der Waals surface area (Å²) in [7, 11) is 1.54. The van der Waals surface area contributed by atoms with E-state index in [4.69, 9.17) is 4.74 Å². The number of carbonyl (C=O) groups is 1. The number of rotatable bonds is 5. The molecule has 1 aliphatic heterocycles. The van der Waals surface area contributed by atoms with Gasteiger partial charge in [-0.2, -0.15) is 0 Å². The number of carboxylic acid groups (broad SMARTS) is 1. The molecular weight excluding hydrogens is 230 g/mol. The molecule has 1 saturated heterocycles. The Bertz CT molecular complexity index is 393. The minimum absolute atomic E-state index is 0.247. The van der Waals surface area contributed by atoms with Crippen LogP contribution in [0.25, 0.3) is 0 Å². The van der Waals surface area contributed by atoms with Gasteiger partial charge in [-0.3, -0.25) is 9.69 Å². The number of carboxylic acids is 1. The smallest absolute Gasteiger partial charge is 0.323 e. The summed E-state index contributed by atoms with van der Waals surface area (Å²) in [5, 5.41) is 9.20. The van der Waals surface area contributed by atoms with Crippen LogP contribution in [0.4, 0.5) is 0 Å². The van der Waals surface area contributed by atoms with Crippen LogP contribution in [0.5, 0.6) is 0 Å². The third-order valence-corrected chi connectivity index (χ3v) is 3.54. The third kappa shape index (κ3) is 2.89. The maximum atomic E-state index is 11.2. The van der Waals surface area contributed by atoms with Crippen LogP contribution in [0, 0.1) is 0 Å². The fourth-order valence-corrected chi connectivity index (χ4v) is 2.56. The molecule has 0 aromatic heterocycles. The van der Waals surface area contributed by atoms with Crippen LogP contribution in [0.1, 0.15) is 17.9 Å². The Hall–Kier alpha value is -1.39. The topological polar surface area (TPSA) is 49.8 Å². The van der Waals surface area contributed by atoms with Crippen molar-refractivity contribution in [1.82, 2.24) is 4.90 Å². The zero-order valence-electron chi connectivity index (χ0n) is 10.6. The molecular formula is C14H19NO3. The van der Waals surface area contributed by atoms with Gasteiger partial charge >= 0.3 is 5.97 Å². The molecule has 2 rings (SSSR count). The van der Waals surface area contributed by atoms with Crippen LogP contribution in [0.15, 0.2) is 30.3 Å². The van der Waals surface area contributed by atoms with Crippen molar-refractivity contribution >= 4 is 5.97 Å². The average Bonchev–Trinajstić information content (AvgIpc) is 2.86. The van der Waals surface area contributed by atoms with E-state index in [1.54, 1.807) is 7.11 Å². The van der Waals surface area contributed by atoms with Crippen molar-refractivity contribution in [3.8, 4) is 0 Å². The number of hydrogen-bond acceptors (Lipinski definition) is 3. The molecule has 1 aliphatic rings. The summed E-state index contributed by atoms with van der Waals surface area (Å²) in [6.45, 7) is 1.86. The van der Waals surface area contributed by atoms with Crippen molar-refractivity contribution in [3.05, 3.63) is 35.9 Å². The number of aliphatic carboxylic acids is 1. The van der Waals surface area contributed by atoms with Gasteiger partial charge in [0, 0.05) is 13.7 Å². The van der Waals surface area contributed by atoms with Crippen LogP contribution in [-0.4, -0.2) is 48.8 Å². The Labute approximate surface area is 107 Å². The van der Waals surface area contributed by atoms with E-state index in [2.05, 4.69) is 12.1 Å². The van der Waals surface area contributed by atoms with Gasteiger partial charge < -0.3 is 9.84 Å². The monoisotopic (exact) mass is 249 g/mol. The summed E-state index contributed by atoms with van der Waals surface area (Å²) in [5.41, 5.74) is 1.29. The van der Waals surface area contributed by atoms with E-state index in [-0.39, 0.29) is 6.61 Å². The molecule has 1 fully saturated rings. The first kappa shape index (κ1) is 13.1. The van der Waals surface area contributed by atoms with Gasteiger partial charge in [-0.1, -0.05) is 30.3 Å². The SMILES string of the molecule is COCC(C(=O)O)N1CCC(c2ccccc2)C1. The molecule has 0 bridgehead atoms. The minimum Gasteiger partial charge on any atom is -0.480 e. The summed E-state index contributed by atoms with van der Waals surface area (Å²) >= 11 is 0. The third-order valence-electron chi connectivity index (χ3n) is 3.54. The summed E-state index contributed by atoms with van der Waals surface area (Å²) in [6.07, 6.45) is 1.01. The fourth-order valence-electron chi connectivity index (χ4n) is 2.56. The standard InChI is InChI=1S/C14H19NO3/c1-18-10-13(14(16)17)15-8-7-12(9-15)11-5-3-2-4-6-11/h2-6,12-13H,7-10H2,1H3,(H,16,17). The van der Waals surface area contributed by atoms with E-state index in [9.17, 15) is 9.90 Å². The molecule has 0 spiro atoms. The normalized spacial score (nSPS) is 21.9. The predicted octanol–water partition coefficient (Wildman–Crippen LogP) is 1.58. The van der Waals surface area contributed by atoms with E-state index in [1.807, 2.05) is 23.1 Å². The van der Waals surface area contributed by atoms with Gasteiger partial charge in [0.05, 0.1) is 6.61 Å². The Morgan fingerprint density at radius 1 is 1.50 bits per heavy atom. The summed E-state index contributed by atoms with van der Waals surface area (Å²) < 4.78 is 5.00. The summed E-state index contributed by atoms with van der Waals surface area (Å²) in [6, 6.07) is 9.76. The molecule has 1 aromatic carbocycles. The van der Waals surface area contributed by atoms with Gasteiger partial charge in [-0.05, 0) is 24.4 Å². The molecule has 0 radical (unpaired) electrons. The van der Waals surface area contributed by atoms with Crippen molar-refractivity contribution in [2.45, 2.75) is 18.4 Å². The van der Waals surface area contributed by atoms with Crippen molar-refractivity contribution in [3.63, 3.8) is 0 Å². The average molecular weight is 249 g/mol. The Kier molecular flexibility index (Phi) is 4.33. The highest BCUT2D eigenvalue weighted by Gasteiger charge is 2.32. The van der Waals surface area contributed by atoms with E-state index in [0.717, 1.165) is 19.5 Å². The van der Waals surface area contributed by atoms with E-state index < -0.39 is 12.0 Å². The molecule has 2 atom stereocenters. The Morgan fingerprint density at radius 2 is 2.22 bits per heavy atom. The van der Waals surface area contributed by atoms with Crippen molar-refractivity contribution in [2.75, 3.05) is 26.8 Å². The maximum Gasteiger partial charge on any atom is 0.323 e.